The second kappa shape index (κ2) is 11.9. The zero-order chi connectivity index (χ0) is 33.7. The molecule has 10 aromatic rings. The molecule has 0 saturated heterocycles. The summed E-state index contributed by atoms with van der Waals surface area (Å²) < 4.78 is 12.8. The normalized spacial score (nSPS) is 11.5. The lowest BCUT2D eigenvalue weighted by Gasteiger charge is -2.26. The van der Waals surface area contributed by atoms with Gasteiger partial charge in [0.05, 0.1) is 0 Å². The first-order valence-corrected chi connectivity index (χ1v) is 17.2. The van der Waals surface area contributed by atoms with Gasteiger partial charge in [-0.25, -0.2) is 0 Å². The Balaban J connectivity index is 1.05. The minimum Gasteiger partial charge on any atom is -0.456 e. The first-order valence-electron chi connectivity index (χ1n) is 17.2. The fraction of sp³-hybridized carbons (Fsp3) is 0. The Kier molecular flexibility index (Phi) is 6.81. The van der Waals surface area contributed by atoms with E-state index in [1.165, 1.54) is 11.1 Å². The maximum absolute atomic E-state index is 6.45. The van der Waals surface area contributed by atoms with E-state index in [9.17, 15) is 0 Å². The Labute approximate surface area is 295 Å². The molecular formula is C48H31NO2. The van der Waals surface area contributed by atoms with Gasteiger partial charge in [0, 0.05) is 50.2 Å². The average molecular weight is 654 g/mol. The van der Waals surface area contributed by atoms with E-state index < -0.39 is 0 Å². The molecule has 8 aromatic carbocycles. The monoisotopic (exact) mass is 653 g/mol. The summed E-state index contributed by atoms with van der Waals surface area (Å²) >= 11 is 0. The van der Waals surface area contributed by atoms with Gasteiger partial charge >= 0.3 is 0 Å². The number of furan rings is 2. The zero-order valence-electron chi connectivity index (χ0n) is 27.7. The largest absolute Gasteiger partial charge is 0.456 e. The number of anilines is 3. The Morgan fingerprint density at radius 1 is 0.294 bits per heavy atom. The summed E-state index contributed by atoms with van der Waals surface area (Å²) in [5.41, 5.74) is 13.6. The predicted octanol–water partition coefficient (Wildman–Crippen LogP) is 14.0. The molecule has 10 rings (SSSR count). The summed E-state index contributed by atoms with van der Waals surface area (Å²) in [6.07, 6.45) is 0. The molecule has 0 bridgehead atoms. The third-order valence-corrected chi connectivity index (χ3v) is 9.89. The van der Waals surface area contributed by atoms with Crippen LogP contribution in [0.5, 0.6) is 0 Å². The second-order valence-corrected chi connectivity index (χ2v) is 12.9. The van der Waals surface area contributed by atoms with Gasteiger partial charge in [0.1, 0.15) is 22.3 Å². The van der Waals surface area contributed by atoms with Crippen LogP contribution in [-0.4, -0.2) is 0 Å². The summed E-state index contributed by atoms with van der Waals surface area (Å²) in [5.74, 6) is 0. The van der Waals surface area contributed by atoms with Crippen LogP contribution in [0.2, 0.25) is 0 Å². The predicted molar refractivity (Wildman–Crippen MR) is 212 cm³/mol. The highest BCUT2D eigenvalue weighted by molar-refractivity contribution is 6.10. The van der Waals surface area contributed by atoms with Crippen molar-refractivity contribution in [2.45, 2.75) is 0 Å². The van der Waals surface area contributed by atoms with Gasteiger partial charge in [-0.1, -0.05) is 127 Å². The highest BCUT2D eigenvalue weighted by atomic mass is 16.3. The molecule has 3 heteroatoms. The van der Waals surface area contributed by atoms with E-state index in [1.807, 2.05) is 18.2 Å². The topological polar surface area (TPSA) is 29.5 Å². The number of para-hydroxylation sites is 2. The van der Waals surface area contributed by atoms with Crippen molar-refractivity contribution in [3.63, 3.8) is 0 Å². The van der Waals surface area contributed by atoms with Crippen LogP contribution >= 0.6 is 0 Å². The molecule has 3 nitrogen and oxygen atoms in total. The van der Waals surface area contributed by atoms with Crippen LogP contribution in [0.25, 0.3) is 77.3 Å². The van der Waals surface area contributed by atoms with Crippen molar-refractivity contribution >= 4 is 60.9 Å². The molecule has 0 spiro atoms. The Hall–Kier alpha value is -6.84. The van der Waals surface area contributed by atoms with Crippen LogP contribution in [-0.2, 0) is 0 Å². The van der Waals surface area contributed by atoms with Crippen molar-refractivity contribution in [3.8, 4) is 33.4 Å². The lowest BCUT2D eigenvalue weighted by Crippen LogP contribution is -2.09. The highest BCUT2D eigenvalue weighted by Crippen LogP contribution is 2.41. The molecule has 2 aromatic heterocycles. The summed E-state index contributed by atoms with van der Waals surface area (Å²) in [7, 11) is 0. The van der Waals surface area contributed by atoms with Gasteiger partial charge in [-0.05, 0) is 82.4 Å². The average Bonchev–Trinajstić information content (AvgIpc) is 3.77. The van der Waals surface area contributed by atoms with Gasteiger partial charge in [0.25, 0.3) is 0 Å². The summed E-state index contributed by atoms with van der Waals surface area (Å²) in [4.78, 5) is 2.29. The van der Waals surface area contributed by atoms with Crippen molar-refractivity contribution < 1.29 is 8.83 Å². The molecule has 0 N–H and O–H groups in total. The number of nitrogens with zero attached hydrogens (tertiary/aromatic N) is 1. The summed E-state index contributed by atoms with van der Waals surface area (Å²) in [6, 6.07) is 66.1. The molecule has 51 heavy (non-hydrogen) atoms. The van der Waals surface area contributed by atoms with Crippen LogP contribution in [0.3, 0.4) is 0 Å². The maximum atomic E-state index is 6.45. The van der Waals surface area contributed by atoms with Crippen molar-refractivity contribution in [1.82, 2.24) is 0 Å². The minimum atomic E-state index is 0.868. The third kappa shape index (κ3) is 5.06. The van der Waals surface area contributed by atoms with E-state index in [0.29, 0.717) is 0 Å². The van der Waals surface area contributed by atoms with E-state index in [0.717, 1.165) is 83.2 Å². The number of benzene rings is 8. The molecule has 0 atom stereocenters. The molecule has 0 fully saturated rings. The van der Waals surface area contributed by atoms with Crippen LogP contribution < -0.4 is 4.90 Å². The first-order chi connectivity index (χ1) is 25.3. The molecule has 0 unspecified atom stereocenters. The Bertz CT molecular complexity index is 2830. The highest BCUT2D eigenvalue weighted by Gasteiger charge is 2.17. The van der Waals surface area contributed by atoms with Crippen LogP contribution in [0.4, 0.5) is 17.1 Å². The second-order valence-electron chi connectivity index (χ2n) is 12.9. The molecule has 240 valence electrons. The van der Waals surface area contributed by atoms with Gasteiger partial charge in [-0.2, -0.15) is 0 Å². The third-order valence-electron chi connectivity index (χ3n) is 9.89. The summed E-state index contributed by atoms with van der Waals surface area (Å²) in [6.45, 7) is 0. The Morgan fingerprint density at radius 2 is 0.843 bits per heavy atom. The van der Waals surface area contributed by atoms with Gasteiger partial charge in [-0.3, -0.25) is 0 Å². The maximum Gasteiger partial charge on any atom is 0.143 e. The molecule has 0 radical (unpaired) electrons. The van der Waals surface area contributed by atoms with Gasteiger partial charge in [0.15, 0.2) is 0 Å². The summed E-state index contributed by atoms with van der Waals surface area (Å²) in [5, 5.41) is 4.47. The molecule has 0 aliphatic heterocycles. The smallest absolute Gasteiger partial charge is 0.143 e. The molecule has 0 aliphatic carbocycles. The van der Waals surface area contributed by atoms with Gasteiger partial charge in [0.2, 0.25) is 0 Å². The number of hydrogen-bond donors (Lipinski definition) is 0. The quantitative estimate of drug-likeness (QED) is 0.179. The molecule has 0 aliphatic rings. The van der Waals surface area contributed by atoms with Gasteiger partial charge in [-0.15, -0.1) is 0 Å². The van der Waals surface area contributed by atoms with Crippen LogP contribution in [0.1, 0.15) is 0 Å². The SMILES string of the molecule is c1ccc(-c2ccc(N(c3ccc(-c4ccc5oc6c(-c7ccccc7)cccc6c5c4)cc3)c3ccc4c(c3)oc3ccccc34)cc2)cc1. The lowest BCUT2D eigenvalue weighted by molar-refractivity contribution is 0.669. The van der Waals surface area contributed by atoms with E-state index in [1.54, 1.807) is 0 Å². The minimum absolute atomic E-state index is 0.868. The Morgan fingerprint density at radius 3 is 1.59 bits per heavy atom. The van der Waals surface area contributed by atoms with Crippen molar-refractivity contribution in [2.24, 2.45) is 0 Å². The number of fused-ring (bicyclic) bond motifs is 6. The standard InChI is InChI=1S/C48H31NO2/c1-3-10-32(11-4-1)33-18-23-37(24-19-33)49(39-27-28-42-41-14-7-8-17-45(41)50-47(42)31-39)38-25-20-34(21-26-38)36-22-29-46-44(30-36)43-16-9-15-40(48(43)51-46)35-12-5-2-6-13-35/h1-31H. The lowest BCUT2D eigenvalue weighted by atomic mass is 10.00. The number of rotatable bonds is 6. The molecule has 2 heterocycles. The van der Waals surface area contributed by atoms with E-state index in [4.69, 9.17) is 8.83 Å². The fourth-order valence-corrected chi connectivity index (χ4v) is 7.36. The van der Waals surface area contributed by atoms with Crippen LogP contribution in [0, 0.1) is 0 Å². The van der Waals surface area contributed by atoms with Crippen molar-refractivity contribution in [2.75, 3.05) is 4.90 Å². The zero-order valence-corrected chi connectivity index (χ0v) is 27.7. The van der Waals surface area contributed by atoms with E-state index in [-0.39, 0.29) is 0 Å². The molecule has 0 amide bonds. The van der Waals surface area contributed by atoms with E-state index >= 15 is 0 Å². The van der Waals surface area contributed by atoms with Crippen molar-refractivity contribution in [1.29, 1.82) is 0 Å². The van der Waals surface area contributed by atoms with Crippen LogP contribution in [0.15, 0.2) is 197 Å². The first kappa shape index (κ1) is 29.1. The van der Waals surface area contributed by atoms with Gasteiger partial charge < -0.3 is 13.7 Å². The van der Waals surface area contributed by atoms with Crippen molar-refractivity contribution in [3.05, 3.63) is 188 Å². The molecular weight excluding hydrogens is 623 g/mol. The fourth-order valence-electron chi connectivity index (χ4n) is 7.36. The molecule has 0 saturated carbocycles. The number of hydrogen-bond acceptors (Lipinski definition) is 3. The van der Waals surface area contributed by atoms with E-state index in [2.05, 4.69) is 175 Å².